The second-order valence-corrected chi connectivity index (χ2v) is 7.21. The van der Waals surface area contributed by atoms with Crippen LogP contribution in [-0.2, 0) is 20.7 Å². The van der Waals surface area contributed by atoms with E-state index in [1.54, 1.807) is 6.92 Å². The van der Waals surface area contributed by atoms with Gasteiger partial charge in [0.2, 0.25) is 5.91 Å². The number of benzene rings is 1. The molecule has 1 amide bonds. The summed E-state index contributed by atoms with van der Waals surface area (Å²) < 4.78 is 5.29. The number of ketones is 1. The third-order valence-corrected chi connectivity index (χ3v) is 4.85. The summed E-state index contributed by atoms with van der Waals surface area (Å²) in [5.41, 5.74) is 0.331. The van der Waals surface area contributed by atoms with Gasteiger partial charge in [-0.2, -0.15) is 0 Å². The SMILES string of the molecule is C[C@@H](CC1CC1)C(=O)N[C@@H](Cc1ccccc1)C(=O)[C@@]1(C)CO1. The van der Waals surface area contributed by atoms with Crippen molar-refractivity contribution in [1.82, 2.24) is 5.32 Å². The lowest BCUT2D eigenvalue weighted by Crippen LogP contribution is -2.48. The maximum Gasteiger partial charge on any atom is 0.223 e. The van der Waals surface area contributed by atoms with Crippen LogP contribution in [0.5, 0.6) is 0 Å². The molecule has 4 heteroatoms. The van der Waals surface area contributed by atoms with Crippen molar-refractivity contribution in [2.24, 2.45) is 11.8 Å². The van der Waals surface area contributed by atoms with Gasteiger partial charge in [-0.25, -0.2) is 0 Å². The molecule has 1 aromatic rings. The van der Waals surface area contributed by atoms with Gasteiger partial charge in [-0.1, -0.05) is 50.1 Å². The van der Waals surface area contributed by atoms with Crippen molar-refractivity contribution in [3.8, 4) is 0 Å². The van der Waals surface area contributed by atoms with Crippen LogP contribution in [-0.4, -0.2) is 29.9 Å². The van der Waals surface area contributed by atoms with Crippen molar-refractivity contribution >= 4 is 11.7 Å². The van der Waals surface area contributed by atoms with E-state index in [0.29, 0.717) is 18.9 Å². The molecule has 4 nitrogen and oxygen atoms in total. The quantitative estimate of drug-likeness (QED) is 0.750. The fourth-order valence-electron chi connectivity index (χ4n) is 2.95. The van der Waals surface area contributed by atoms with Crippen molar-refractivity contribution in [2.45, 2.75) is 51.2 Å². The van der Waals surface area contributed by atoms with Crippen molar-refractivity contribution in [3.63, 3.8) is 0 Å². The summed E-state index contributed by atoms with van der Waals surface area (Å²) in [6.07, 6.45) is 3.90. The molecule has 1 saturated heterocycles. The molecule has 1 saturated carbocycles. The van der Waals surface area contributed by atoms with Crippen LogP contribution in [0.15, 0.2) is 30.3 Å². The number of hydrogen-bond donors (Lipinski definition) is 1. The van der Waals surface area contributed by atoms with Crippen LogP contribution in [0.2, 0.25) is 0 Å². The van der Waals surface area contributed by atoms with E-state index in [2.05, 4.69) is 5.32 Å². The number of amides is 1. The number of ether oxygens (including phenoxy) is 1. The number of epoxide rings is 1. The van der Waals surface area contributed by atoms with Crippen molar-refractivity contribution in [2.75, 3.05) is 6.61 Å². The molecule has 2 aliphatic rings. The fourth-order valence-corrected chi connectivity index (χ4v) is 2.95. The highest BCUT2D eigenvalue weighted by Gasteiger charge is 2.50. The molecule has 124 valence electrons. The molecule has 0 unspecified atom stereocenters. The Morgan fingerprint density at radius 3 is 2.52 bits per heavy atom. The fraction of sp³-hybridized carbons (Fsp3) is 0.579. The molecule has 2 fully saturated rings. The normalized spacial score (nSPS) is 25.5. The van der Waals surface area contributed by atoms with Crippen LogP contribution in [0.1, 0.15) is 38.7 Å². The Hall–Kier alpha value is -1.68. The zero-order valence-corrected chi connectivity index (χ0v) is 13.9. The van der Waals surface area contributed by atoms with E-state index >= 15 is 0 Å². The molecule has 0 radical (unpaired) electrons. The summed E-state index contributed by atoms with van der Waals surface area (Å²) in [5, 5.41) is 2.98. The zero-order chi connectivity index (χ0) is 16.4. The van der Waals surface area contributed by atoms with Crippen molar-refractivity contribution in [1.29, 1.82) is 0 Å². The second kappa shape index (κ2) is 6.44. The maximum atomic E-state index is 12.7. The average Bonchev–Trinajstić information content (AvgIpc) is 3.46. The molecule has 3 rings (SSSR count). The lowest BCUT2D eigenvalue weighted by Gasteiger charge is -2.22. The molecule has 23 heavy (non-hydrogen) atoms. The summed E-state index contributed by atoms with van der Waals surface area (Å²) in [6.45, 7) is 4.20. The minimum Gasteiger partial charge on any atom is -0.361 e. The first-order valence-corrected chi connectivity index (χ1v) is 8.50. The van der Waals surface area contributed by atoms with Crippen LogP contribution in [0, 0.1) is 11.8 Å². The van der Waals surface area contributed by atoms with Crippen molar-refractivity contribution < 1.29 is 14.3 Å². The maximum absolute atomic E-state index is 12.7. The number of nitrogens with one attached hydrogen (secondary N) is 1. The molecule has 1 aromatic carbocycles. The molecule has 1 heterocycles. The van der Waals surface area contributed by atoms with Crippen LogP contribution < -0.4 is 5.32 Å². The highest BCUT2D eigenvalue weighted by Crippen LogP contribution is 2.35. The predicted octanol–water partition coefficient (Wildman–Crippen LogP) is 2.51. The molecule has 0 spiro atoms. The van der Waals surface area contributed by atoms with E-state index in [-0.39, 0.29) is 17.6 Å². The van der Waals surface area contributed by atoms with Crippen LogP contribution in [0.4, 0.5) is 0 Å². The summed E-state index contributed by atoms with van der Waals surface area (Å²) in [6, 6.07) is 9.29. The van der Waals surface area contributed by atoms with Crippen LogP contribution in [0.25, 0.3) is 0 Å². The third-order valence-electron chi connectivity index (χ3n) is 4.85. The molecular formula is C19H25NO3. The molecular weight excluding hydrogens is 290 g/mol. The van der Waals surface area contributed by atoms with Gasteiger partial charge in [0.1, 0.15) is 5.60 Å². The molecule has 0 aromatic heterocycles. The zero-order valence-electron chi connectivity index (χ0n) is 13.9. The molecule has 1 N–H and O–H groups in total. The minimum atomic E-state index is -0.716. The number of Topliss-reactive ketones (excluding diaryl/α,β-unsaturated/α-hetero) is 1. The largest absolute Gasteiger partial charge is 0.361 e. The van der Waals surface area contributed by atoms with Gasteiger partial charge in [0.05, 0.1) is 12.6 Å². The van der Waals surface area contributed by atoms with Gasteiger partial charge in [-0.3, -0.25) is 9.59 Å². The van der Waals surface area contributed by atoms with Gasteiger partial charge in [-0.15, -0.1) is 0 Å². The standard InChI is InChI=1S/C19H25NO3/c1-13(10-15-8-9-15)18(22)20-16(17(21)19(2)12-23-19)11-14-6-4-3-5-7-14/h3-7,13,15-16H,8-12H2,1-2H3,(H,20,22)/t13-,16-,19+/m0/s1. The second-order valence-electron chi connectivity index (χ2n) is 7.21. The van der Waals surface area contributed by atoms with E-state index in [0.717, 1.165) is 12.0 Å². The van der Waals surface area contributed by atoms with Crippen LogP contribution >= 0.6 is 0 Å². The van der Waals surface area contributed by atoms with Gasteiger partial charge < -0.3 is 10.1 Å². The summed E-state index contributed by atoms with van der Waals surface area (Å²) in [5.74, 6) is 0.619. The average molecular weight is 315 g/mol. The lowest BCUT2D eigenvalue weighted by atomic mass is 9.94. The lowest BCUT2D eigenvalue weighted by molar-refractivity contribution is -0.132. The number of hydrogen-bond acceptors (Lipinski definition) is 3. The van der Waals surface area contributed by atoms with Gasteiger partial charge in [0, 0.05) is 5.92 Å². The van der Waals surface area contributed by atoms with E-state index in [1.165, 1.54) is 12.8 Å². The summed E-state index contributed by atoms with van der Waals surface area (Å²) in [7, 11) is 0. The topological polar surface area (TPSA) is 58.7 Å². The Morgan fingerprint density at radius 1 is 1.30 bits per heavy atom. The number of carbonyl (C=O) groups is 2. The highest BCUT2D eigenvalue weighted by atomic mass is 16.6. The Bertz CT molecular complexity index is 576. The third kappa shape index (κ3) is 4.20. The predicted molar refractivity (Wildman–Crippen MR) is 87.9 cm³/mol. The number of rotatable bonds is 8. The molecule has 3 atom stereocenters. The van der Waals surface area contributed by atoms with E-state index < -0.39 is 11.6 Å². The Labute approximate surface area is 137 Å². The van der Waals surface area contributed by atoms with Crippen LogP contribution in [0.3, 0.4) is 0 Å². The molecule has 0 bridgehead atoms. The first-order valence-electron chi connectivity index (χ1n) is 8.50. The van der Waals surface area contributed by atoms with Crippen molar-refractivity contribution in [3.05, 3.63) is 35.9 Å². The monoisotopic (exact) mass is 315 g/mol. The summed E-state index contributed by atoms with van der Waals surface area (Å²) >= 11 is 0. The molecule has 1 aliphatic carbocycles. The molecule has 1 aliphatic heterocycles. The van der Waals surface area contributed by atoms with Gasteiger partial charge in [0.25, 0.3) is 0 Å². The van der Waals surface area contributed by atoms with E-state index in [4.69, 9.17) is 4.74 Å². The summed E-state index contributed by atoms with van der Waals surface area (Å²) in [4.78, 5) is 25.1. The van der Waals surface area contributed by atoms with Gasteiger partial charge in [-0.05, 0) is 31.2 Å². The smallest absolute Gasteiger partial charge is 0.223 e. The van der Waals surface area contributed by atoms with E-state index in [1.807, 2.05) is 37.3 Å². The minimum absolute atomic E-state index is 0.0181. The Balaban J connectivity index is 1.66. The van der Waals surface area contributed by atoms with Gasteiger partial charge >= 0.3 is 0 Å². The first-order chi connectivity index (χ1) is 11.0. The highest BCUT2D eigenvalue weighted by molar-refractivity contribution is 5.96. The van der Waals surface area contributed by atoms with E-state index in [9.17, 15) is 9.59 Å². The number of carbonyl (C=O) groups excluding carboxylic acids is 2. The first kappa shape index (κ1) is 16.2. The van der Waals surface area contributed by atoms with Gasteiger partial charge in [0.15, 0.2) is 5.78 Å². The Morgan fingerprint density at radius 2 is 1.96 bits per heavy atom. The Kier molecular flexibility index (Phi) is 4.53.